The second-order valence-corrected chi connectivity index (χ2v) is 11.6. The van der Waals surface area contributed by atoms with Crippen LogP contribution in [-0.2, 0) is 20.0 Å². The van der Waals surface area contributed by atoms with Crippen molar-refractivity contribution in [2.75, 3.05) is 13.2 Å². The Kier molecular flexibility index (Phi) is 7.58. The predicted octanol–water partition coefficient (Wildman–Crippen LogP) is 7.81. The fourth-order valence-electron chi connectivity index (χ4n) is 4.55. The van der Waals surface area contributed by atoms with Crippen LogP contribution in [0.5, 0.6) is 0 Å². The van der Waals surface area contributed by atoms with Crippen LogP contribution in [-0.4, -0.2) is 24.1 Å². The molecule has 0 saturated carbocycles. The Balaban J connectivity index is 1.70. The Morgan fingerprint density at radius 1 is 0.875 bits per heavy atom. The summed E-state index contributed by atoms with van der Waals surface area (Å²) in [6, 6.07) is 27.4. The van der Waals surface area contributed by atoms with Gasteiger partial charge < -0.3 is 9.05 Å². The predicted molar refractivity (Wildman–Crippen MR) is 135 cm³/mol. The van der Waals surface area contributed by atoms with E-state index in [9.17, 15) is 4.57 Å². The monoisotopic (exact) mass is 466 g/mol. The van der Waals surface area contributed by atoms with Crippen LogP contribution in [0, 0.1) is 0 Å². The van der Waals surface area contributed by atoms with Gasteiger partial charge in [0.25, 0.3) is 0 Å². The highest BCUT2D eigenvalue weighted by Crippen LogP contribution is 2.61. The number of benzene rings is 3. The minimum absolute atomic E-state index is 0.122. The van der Waals surface area contributed by atoms with E-state index in [0.29, 0.717) is 19.6 Å². The minimum atomic E-state index is -3.32. The first-order valence-corrected chi connectivity index (χ1v) is 13.8. The summed E-state index contributed by atoms with van der Waals surface area (Å²) in [5, 5.41) is 0.122. The Morgan fingerprint density at radius 2 is 1.53 bits per heavy atom. The molecule has 5 heteroatoms. The molecule has 0 N–H and O–H groups in total. The molecule has 3 nitrogen and oxygen atoms in total. The molecule has 3 atom stereocenters. The molecule has 0 amide bonds. The van der Waals surface area contributed by atoms with Crippen molar-refractivity contribution in [1.82, 2.24) is 0 Å². The largest absolute Gasteiger partial charge is 0.335 e. The van der Waals surface area contributed by atoms with E-state index in [1.54, 1.807) is 0 Å². The van der Waals surface area contributed by atoms with Gasteiger partial charge in [0.15, 0.2) is 0 Å². The van der Waals surface area contributed by atoms with Crippen LogP contribution < -0.4 is 0 Å². The van der Waals surface area contributed by atoms with Crippen molar-refractivity contribution in [1.29, 1.82) is 0 Å². The molecule has 3 aromatic carbocycles. The zero-order chi connectivity index (χ0) is 22.6. The highest BCUT2D eigenvalue weighted by atomic mass is 32.2. The Morgan fingerprint density at radius 3 is 2.22 bits per heavy atom. The molecule has 3 aromatic rings. The normalized spacial score (nSPS) is 19.0. The van der Waals surface area contributed by atoms with Crippen LogP contribution in [0.1, 0.15) is 37.8 Å². The molecule has 0 saturated heterocycles. The molecule has 32 heavy (non-hydrogen) atoms. The maximum atomic E-state index is 14.1. The SMILES string of the molecule is CCOP(=O)(OCC)C(Cc1cccc(-c2ccccc2)c1)C1Sc2ccccc2C1C. The molecule has 0 aliphatic carbocycles. The van der Waals surface area contributed by atoms with Crippen molar-refractivity contribution in [3.8, 4) is 11.1 Å². The molecular weight excluding hydrogens is 435 g/mol. The molecule has 3 unspecified atom stereocenters. The highest BCUT2D eigenvalue weighted by Gasteiger charge is 2.46. The molecule has 1 heterocycles. The number of hydrogen-bond donors (Lipinski definition) is 0. The van der Waals surface area contributed by atoms with E-state index in [-0.39, 0.29) is 16.8 Å². The second kappa shape index (κ2) is 10.4. The van der Waals surface area contributed by atoms with Gasteiger partial charge in [0.2, 0.25) is 0 Å². The van der Waals surface area contributed by atoms with Crippen LogP contribution in [0.2, 0.25) is 0 Å². The van der Waals surface area contributed by atoms with E-state index in [2.05, 4.69) is 79.7 Å². The van der Waals surface area contributed by atoms with Gasteiger partial charge in [-0.3, -0.25) is 4.57 Å². The Labute approximate surface area is 196 Å². The summed E-state index contributed by atoms with van der Waals surface area (Å²) in [6.07, 6.45) is 0.647. The highest BCUT2D eigenvalue weighted by molar-refractivity contribution is 8.00. The molecular formula is C27H31O3PS. The Hall–Kier alpha value is -1.84. The van der Waals surface area contributed by atoms with Gasteiger partial charge in [-0.25, -0.2) is 0 Å². The lowest BCUT2D eigenvalue weighted by molar-refractivity contribution is 0.210. The lowest BCUT2D eigenvalue weighted by Crippen LogP contribution is -2.30. The third-order valence-corrected chi connectivity index (χ3v) is 10.4. The van der Waals surface area contributed by atoms with E-state index in [1.807, 2.05) is 31.7 Å². The van der Waals surface area contributed by atoms with Gasteiger partial charge >= 0.3 is 7.60 Å². The quantitative estimate of drug-likeness (QED) is 0.301. The van der Waals surface area contributed by atoms with E-state index in [0.717, 1.165) is 5.56 Å². The summed E-state index contributed by atoms with van der Waals surface area (Å²) in [6.45, 7) is 6.75. The van der Waals surface area contributed by atoms with Gasteiger partial charge in [0.05, 0.1) is 18.9 Å². The molecule has 0 aromatic heterocycles. The van der Waals surface area contributed by atoms with E-state index < -0.39 is 7.60 Å². The van der Waals surface area contributed by atoms with Crippen LogP contribution in [0.3, 0.4) is 0 Å². The molecule has 0 fully saturated rings. The van der Waals surface area contributed by atoms with Crippen molar-refractivity contribution < 1.29 is 13.6 Å². The number of hydrogen-bond acceptors (Lipinski definition) is 4. The first kappa shape index (κ1) is 23.3. The summed E-state index contributed by atoms with van der Waals surface area (Å²) >= 11 is 1.82. The van der Waals surface area contributed by atoms with Crippen LogP contribution in [0.4, 0.5) is 0 Å². The van der Waals surface area contributed by atoms with Gasteiger partial charge in [0, 0.05) is 10.1 Å². The molecule has 4 rings (SSSR count). The van der Waals surface area contributed by atoms with Crippen LogP contribution >= 0.6 is 19.4 Å². The summed E-state index contributed by atoms with van der Waals surface area (Å²) in [7, 11) is -3.32. The first-order valence-electron chi connectivity index (χ1n) is 11.3. The Bertz CT molecular complexity index is 1080. The fraction of sp³-hybridized carbons (Fsp3) is 0.333. The zero-order valence-corrected chi connectivity index (χ0v) is 20.7. The molecule has 0 bridgehead atoms. The van der Waals surface area contributed by atoms with E-state index in [1.165, 1.54) is 21.6 Å². The number of rotatable bonds is 9. The molecule has 1 aliphatic rings. The maximum absolute atomic E-state index is 14.1. The van der Waals surface area contributed by atoms with Crippen molar-refractivity contribution in [3.63, 3.8) is 0 Å². The summed E-state index contributed by atoms with van der Waals surface area (Å²) in [5.41, 5.74) is 4.59. The van der Waals surface area contributed by atoms with Crippen molar-refractivity contribution in [3.05, 3.63) is 90.0 Å². The molecule has 0 radical (unpaired) electrons. The smallest absolute Gasteiger partial charge is 0.309 e. The standard InChI is InChI=1S/C27H31O3PS/c1-4-29-31(28,30-5-2)25(27-20(3)24-16-9-10-17-26(24)32-27)19-21-12-11-15-23(18-21)22-13-7-6-8-14-22/h6-18,20,25,27H,4-5,19H2,1-3H3. The van der Waals surface area contributed by atoms with Crippen LogP contribution in [0.25, 0.3) is 11.1 Å². The van der Waals surface area contributed by atoms with Gasteiger partial charge in [-0.05, 0) is 54.5 Å². The number of thioether (sulfide) groups is 1. The van der Waals surface area contributed by atoms with Crippen molar-refractivity contribution >= 4 is 19.4 Å². The zero-order valence-electron chi connectivity index (χ0n) is 18.9. The topological polar surface area (TPSA) is 35.5 Å². The molecule has 168 valence electrons. The minimum Gasteiger partial charge on any atom is -0.309 e. The van der Waals surface area contributed by atoms with Gasteiger partial charge in [-0.2, -0.15) is 0 Å². The van der Waals surface area contributed by atoms with Gasteiger partial charge in [-0.15, -0.1) is 11.8 Å². The van der Waals surface area contributed by atoms with Crippen molar-refractivity contribution in [2.45, 2.75) is 48.9 Å². The summed E-state index contributed by atoms with van der Waals surface area (Å²) in [5.74, 6) is 0.271. The van der Waals surface area contributed by atoms with E-state index in [4.69, 9.17) is 9.05 Å². The van der Waals surface area contributed by atoms with Gasteiger partial charge in [0.1, 0.15) is 0 Å². The third-order valence-electron chi connectivity index (χ3n) is 6.05. The number of fused-ring (bicyclic) bond motifs is 1. The average Bonchev–Trinajstić information content (AvgIpc) is 3.15. The third kappa shape index (κ3) is 4.89. The van der Waals surface area contributed by atoms with Crippen LogP contribution in [0.15, 0.2) is 83.8 Å². The van der Waals surface area contributed by atoms with Gasteiger partial charge in [-0.1, -0.05) is 79.7 Å². The average molecular weight is 467 g/mol. The lowest BCUT2D eigenvalue weighted by Gasteiger charge is -2.32. The summed E-state index contributed by atoms with van der Waals surface area (Å²) in [4.78, 5) is 1.27. The summed E-state index contributed by atoms with van der Waals surface area (Å²) < 4.78 is 25.9. The lowest BCUT2D eigenvalue weighted by atomic mass is 9.93. The van der Waals surface area contributed by atoms with Crippen molar-refractivity contribution in [2.24, 2.45) is 0 Å². The molecule has 1 aliphatic heterocycles. The first-order chi connectivity index (χ1) is 15.6. The second-order valence-electron chi connectivity index (χ2n) is 8.12. The maximum Gasteiger partial charge on any atom is 0.335 e. The van der Waals surface area contributed by atoms with E-state index >= 15 is 0 Å². The fourth-order valence-corrected chi connectivity index (χ4v) is 8.85. The molecule has 0 spiro atoms.